The van der Waals surface area contributed by atoms with Crippen molar-refractivity contribution < 1.29 is 13.8 Å². The fraction of sp³-hybridized carbons (Fsp3) is 0.267. The molecule has 0 N–H and O–H groups in total. The molecule has 1 aromatic heterocycles. The summed E-state index contributed by atoms with van der Waals surface area (Å²) in [7, 11) is 0.449. The summed E-state index contributed by atoms with van der Waals surface area (Å²) in [5.74, 6) is 1.67. The molecule has 22 heavy (non-hydrogen) atoms. The molecule has 114 valence electrons. The highest BCUT2D eigenvalue weighted by Crippen LogP contribution is 2.43. The summed E-state index contributed by atoms with van der Waals surface area (Å²) in [4.78, 5) is 0. The Morgan fingerprint density at radius 2 is 1.77 bits per heavy atom. The van der Waals surface area contributed by atoms with Crippen molar-refractivity contribution in [2.75, 3.05) is 0 Å². The van der Waals surface area contributed by atoms with Gasteiger partial charge >= 0.3 is 6.69 Å². The molecule has 0 atom stereocenters. The normalized spacial score (nSPS) is 18.3. The third-order valence-electron chi connectivity index (χ3n) is 4.31. The van der Waals surface area contributed by atoms with Gasteiger partial charge in [0.05, 0.1) is 13.2 Å². The maximum Gasteiger partial charge on any atom is 0.585 e. The number of hydrogen-bond acceptors (Lipinski definition) is 3. The van der Waals surface area contributed by atoms with Gasteiger partial charge in [-0.2, -0.15) is 0 Å². The zero-order valence-electron chi connectivity index (χ0n) is 13.2. The zero-order valence-corrected chi connectivity index (χ0v) is 15.1. The lowest BCUT2D eigenvalue weighted by Gasteiger charge is -2.41. The van der Waals surface area contributed by atoms with Crippen molar-refractivity contribution in [2.45, 2.75) is 24.8 Å². The molecular formula is C15H19BN2O2SSi. The number of aromatic nitrogens is 2. The van der Waals surface area contributed by atoms with E-state index in [1.807, 2.05) is 24.3 Å². The highest BCUT2D eigenvalue weighted by Gasteiger charge is 2.55. The Morgan fingerprint density at radius 1 is 1.14 bits per heavy atom. The second-order valence-corrected chi connectivity index (χ2v) is 12.8. The first kappa shape index (κ1) is 14.0. The maximum atomic E-state index is 6.46. The van der Waals surface area contributed by atoms with Crippen LogP contribution < -0.4 is 13.8 Å². The Kier molecular flexibility index (Phi) is 2.84. The summed E-state index contributed by atoms with van der Waals surface area (Å²) in [5.41, 5.74) is 0. The SMILES string of the molecule is Cn1cc[n+]2c1SC=C([Si](C)(C)C)[B-]21Oc2ccccc2O1. The predicted octanol–water partition coefficient (Wildman–Crippen LogP) is 2.98. The molecule has 1 spiro atoms. The monoisotopic (exact) mass is 330 g/mol. The first-order valence-corrected chi connectivity index (χ1v) is 11.9. The number of hydrogen-bond donors (Lipinski definition) is 0. The van der Waals surface area contributed by atoms with Crippen LogP contribution in [0.15, 0.2) is 52.3 Å². The fourth-order valence-corrected chi connectivity index (χ4v) is 7.11. The molecule has 0 amide bonds. The van der Waals surface area contributed by atoms with Gasteiger partial charge in [-0.05, 0) is 29.3 Å². The molecule has 7 heteroatoms. The standard InChI is InChI=1S/C15H19BN2O2SSi/c1-17-9-10-18-15(17)21-11-14(22(2,3)4)16(18)19-12-7-5-6-8-13(12)20-16/h5-11H,1-4H3. The predicted molar refractivity (Wildman–Crippen MR) is 91.7 cm³/mol. The van der Waals surface area contributed by atoms with Gasteiger partial charge in [0.2, 0.25) is 0 Å². The average molecular weight is 330 g/mol. The molecular weight excluding hydrogens is 311 g/mol. The van der Waals surface area contributed by atoms with E-state index in [0.717, 1.165) is 16.7 Å². The van der Waals surface area contributed by atoms with E-state index in [0.29, 0.717) is 0 Å². The molecule has 4 rings (SSSR count). The van der Waals surface area contributed by atoms with E-state index in [4.69, 9.17) is 9.31 Å². The minimum absolute atomic E-state index is 0.834. The van der Waals surface area contributed by atoms with E-state index in [9.17, 15) is 0 Å². The van der Waals surface area contributed by atoms with Crippen molar-refractivity contribution in [2.24, 2.45) is 7.05 Å². The van der Waals surface area contributed by atoms with Gasteiger partial charge in [-0.1, -0.05) is 36.9 Å². The quantitative estimate of drug-likeness (QED) is 0.752. The topological polar surface area (TPSA) is 27.3 Å². The van der Waals surface area contributed by atoms with Crippen LogP contribution in [-0.4, -0.2) is 19.3 Å². The maximum absolute atomic E-state index is 6.46. The van der Waals surface area contributed by atoms with Gasteiger partial charge in [0.25, 0.3) is 5.16 Å². The van der Waals surface area contributed by atoms with Crippen LogP contribution >= 0.6 is 11.8 Å². The summed E-state index contributed by atoms with van der Waals surface area (Å²) in [6.07, 6.45) is 4.13. The number of rotatable bonds is 1. The van der Waals surface area contributed by atoms with Gasteiger partial charge in [-0.3, -0.25) is 0 Å². The molecule has 4 nitrogen and oxygen atoms in total. The molecule has 0 radical (unpaired) electrons. The van der Waals surface area contributed by atoms with Crippen LogP contribution in [0, 0.1) is 0 Å². The number of benzene rings is 1. The van der Waals surface area contributed by atoms with E-state index in [-0.39, 0.29) is 0 Å². The minimum Gasteiger partial charge on any atom is -0.639 e. The first-order chi connectivity index (χ1) is 10.4. The Morgan fingerprint density at radius 3 is 2.36 bits per heavy atom. The average Bonchev–Trinajstić information content (AvgIpc) is 3.00. The third-order valence-corrected chi connectivity index (χ3v) is 7.84. The summed E-state index contributed by atoms with van der Waals surface area (Å²) in [6, 6.07) is 7.95. The summed E-state index contributed by atoms with van der Waals surface area (Å²) < 4.78 is 17.2. The molecule has 0 aliphatic carbocycles. The first-order valence-electron chi connectivity index (χ1n) is 7.48. The number of fused-ring (bicyclic) bond motifs is 3. The Balaban J connectivity index is 1.93. The van der Waals surface area contributed by atoms with Gasteiger partial charge < -0.3 is 13.8 Å². The van der Waals surface area contributed by atoms with Crippen LogP contribution in [-0.2, 0) is 7.05 Å². The van der Waals surface area contributed by atoms with E-state index in [2.05, 4.69) is 53.5 Å². The van der Waals surface area contributed by atoms with Gasteiger partial charge in [0.1, 0.15) is 17.7 Å². The largest absolute Gasteiger partial charge is 0.639 e. The fourth-order valence-electron chi connectivity index (χ4n) is 3.21. The second-order valence-electron chi connectivity index (χ2n) is 6.89. The van der Waals surface area contributed by atoms with Crippen molar-refractivity contribution >= 4 is 26.5 Å². The molecule has 2 aromatic rings. The smallest absolute Gasteiger partial charge is 0.585 e. The van der Waals surface area contributed by atoms with Gasteiger partial charge in [-0.15, -0.1) is 0 Å². The van der Waals surface area contributed by atoms with Gasteiger partial charge in [-0.25, -0.2) is 4.57 Å². The molecule has 2 aliphatic heterocycles. The van der Waals surface area contributed by atoms with Crippen LogP contribution in [0.2, 0.25) is 19.6 Å². The van der Waals surface area contributed by atoms with Crippen LogP contribution in [0.1, 0.15) is 0 Å². The van der Waals surface area contributed by atoms with Crippen LogP contribution in [0.25, 0.3) is 0 Å². The van der Waals surface area contributed by atoms with Crippen molar-refractivity contribution in [1.29, 1.82) is 0 Å². The Labute approximate surface area is 135 Å². The van der Waals surface area contributed by atoms with Crippen molar-refractivity contribution in [3.05, 3.63) is 47.2 Å². The van der Waals surface area contributed by atoms with Gasteiger partial charge in [0.15, 0.2) is 0 Å². The molecule has 2 aliphatic rings. The molecule has 0 unspecified atom stereocenters. The van der Waals surface area contributed by atoms with Crippen molar-refractivity contribution in [3.63, 3.8) is 0 Å². The molecule has 3 heterocycles. The van der Waals surface area contributed by atoms with Crippen LogP contribution in [0.5, 0.6) is 11.5 Å². The number of aryl methyl sites for hydroxylation is 1. The highest BCUT2D eigenvalue weighted by atomic mass is 32.2. The van der Waals surface area contributed by atoms with E-state index >= 15 is 0 Å². The summed E-state index contributed by atoms with van der Waals surface area (Å²) in [5, 5.41) is 4.71. The zero-order chi connectivity index (χ0) is 15.5. The number of nitrogens with zero attached hydrogens (tertiary/aromatic N) is 2. The lowest BCUT2D eigenvalue weighted by atomic mass is 9.71. The van der Waals surface area contributed by atoms with Crippen molar-refractivity contribution in [1.82, 2.24) is 4.57 Å². The Hall–Kier alpha value is -1.60. The molecule has 0 saturated carbocycles. The molecule has 0 bridgehead atoms. The lowest BCUT2D eigenvalue weighted by molar-refractivity contribution is -0.608. The van der Waals surface area contributed by atoms with E-state index < -0.39 is 14.8 Å². The van der Waals surface area contributed by atoms with E-state index in [1.54, 1.807) is 11.8 Å². The summed E-state index contributed by atoms with van der Waals surface area (Å²) >= 11 is 1.75. The third kappa shape index (κ3) is 1.82. The molecule has 0 fully saturated rings. The summed E-state index contributed by atoms with van der Waals surface area (Å²) in [6.45, 7) is 5.33. The Bertz CT molecular complexity index is 772. The van der Waals surface area contributed by atoms with Crippen molar-refractivity contribution in [3.8, 4) is 11.5 Å². The molecule has 0 saturated heterocycles. The van der Waals surface area contributed by atoms with Gasteiger partial charge in [0, 0.05) is 8.07 Å². The van der Waals surface area contributed by atoms with Crippen LogP contribution in [0.4, 0.5) is 0 Å². The lowest BCUT2D eigenvalue weighted by Crippen LogP contribution is -2.76. The second kappa shape index (κ2) is 4.46. The number of thioether (sulfide) groups is 1. The minimum atomic E-state index is -1.69. The number of imidazole rings is 1. The van der Waals surface area contributed by atoms with E-state index in [1.165, 1.54) is 5.10 Å². The van der Waals surface area contributed by atoms with Crippen LogP contribution in [0.3, 0.4) is 0 Å². The molecule has 1 aromatic carbocycles. The number of para-hydroxylation sites is 2. The highest BCUT2D eigenvalue weighted by molar-refractivity contribution is 8.02.